The summed E-state index contributed by atoms with van der Waals surface area (Å²) in [5.41, 5.74) is -0.539. The molecule has 0 rings (SSSR count). The Morgan fingerprint density at radius 1 is 1.11 bits per heavy atom. The predicted octanol–water partition coefficient (Wildman–Crippen LogP) is 2.56. The molecule has 0 heterocycles. The number of hydrogen-bond acceptors (Lipinski definition) is 4. The molecule has 2 amide bonds. The van der Waals surface area contributed by atoms with E-state index in [2.05, 4.69) is 10.6 Å². The standard InChI is InChI=1S/C21H39N3O4/c1-9-21(10-2,23-15(5)6)20(28)22-17(13-14(3)4)18(25)24(8)12-11-16(7)19(26)27/h11,14-15,17,23H,9-10,12-13H2,1-8H3,(H,22,28)(H,26,27)/b16-11+. The van der Waals surface area contributed by atoms with Crippen LogP contribution in [0.1, 0.15) is 67.7 Å². The second-order valence-electron chi connectivity index (χ2n) is 8.15. The maximum Gasteiger partial charge on any atom is 0.331 e. The molecule has 7 heteroatoms. The van der Waals surface area contributed by atoms with Crippen LogP contribution in [0.25, 0.3) is 0 Å². The third-order valence-electron chi connectivity index (χ3n) is 4.90. The molecule has 0 spiro atoms. The summed E-state index contributed by atoms with van der Waals surface area (Å²) in [7, 11) is 1.62. The second kappa shape index (κ2) is 11.8. The van der Waals surface area contributed by atoms with Crippen LogP contribution in [-0.4, -0.2) is 59.0 Å². The number of carbonyl (C=O) groups is 3. The fourth-order valence-corrected chi connectivity index (χ4v) is 3.10. The average molecular weight is 398 g/mol. The van der Waals surface area contributed by atoms with Crippen LogP contribution in [-0.2, 0) is 14.4 Å². The molecule has 0 bridgehead atoms. The van der Waals surface area contributed by atoms with Gasteiger partial charge in [-0.2, -0.15) is 0 Å². The minimum atomic E-state index is -1.01. The highest BCUT2D eigenvalue weighted by Crippen LogP contribution is 2.18. The first-order valence-corrected chi connectivity index (χ1v) is 10.1. The van der Waals surface area contributed by atoms with Crippen LogP contribution in [0.5, 0.6) is 0 Å². The van der Waals surface area contributed by atoms with E-state index in [0.717, 1.165) is 0 Å². The minimum absolute atomic E-state index is 0.136. The number of hydrogen-bond donors (Lipinski definition) is 3. The Morgan fingerprint density at radius 3 is 2.04 bits per heavy atom. The summed E-state index contributed by atoms with van der Waals surface area (Å²) in [5.74, 6) is -1.18. The molecule has 0 saturated carbocycles. The lowest BCUT2D eigenvalue weighted by Gasteiger charge is -2.35. The van der Waals surface area contributed by atoms with Gasteiger partial charge in [-0.15, -0.1) is 0 Å². The molecule has 1 unspecified atom stereocenters. The van der Waals surface area contributed by atoms with E-state index in [4.69, 9.17) is 5.11 Å². The first kappa shape index (κ1) is 26.1. The van der Waals surface area contributed by atoms with Crippen molar-refractivity contribution in [1.29, 1.82) is 0 Å². The Hall–Kier alpha value is -1.89. The van der Waals surface area contributed by atoms with Crippen LogP contribution in [0.15, 0.2) is 11.6 Å². The Bertz CT molecular complexity index is 566. The predicted molar refractivity (Wildman–Crippen MR) is 112 cm³/mol. The molecule has 3 N–H and O–H groups in total. The molecule has 162 valence electrons. The quantitative estimate of drug-likeness (QED) is 0.440. The Kier molecular flexibility index (Phi) is 11.0. The molecule has 0 saturated heterocycles. The Labute approximate surface area is 169 Å². The summed E-state index contributed by atoms with van der Waals surface area (Å²) in [6, 6.07) is -0.515. The highest BCUT2D eigenvalue weighted by atomic mass is 16.4. The van der Waals surface area contributed by atoms with Crippen molar-refractivity contribution in [3.63, 3.8) is 0 Å². The largest absolute Gasteiger partial charge is 0.478 e. The zero-order chi connectivity index (χ0) is 22.1. The van der Waals surface area contributed by atoms with Crippen molar-refractivity contribution in [3.8, 4) is 0 Å². The number of nitrogens with one attached hydrogen (secondary N) is 2. The van der Waals surface area contributed by atoms with Crippen molar-refractivity contribution in [2.24, 2.45) is 5.92 Å². The van der Waals surface area contributed by atoms with Crippen molar-refractivity contribution in [3.05, 3.63) is 11.6 Å². The van der Waals surface area contributed by atoms with E-state index in [-0.39, 0.29) is 35.9 Å². The van der Waals surface area contributed by atoms with Crippen molar-refractivity contribution >= 4 is 17.8 Å². The van der Waals surface area contributed by atoms with Crippen LogP contribution in [0.2, 0.25) is 0 Å². The summed E-state index contributed by atoms with van der Waals surface area (Å²) in [6.07, 6.45) is 3.25. The zero-order valence-corrected chi connectivity index (χ0v) is 18.8. The van der Waals surface area contributed by atoms with Gasteiger partial charge in [0.05, 0.1) is 5.54 Å². The van der Waals surface area contributed by atoms with Crippen molar-refractivity contribution in [2.45, 2.75) is 85.4 Å². The van der Waals surface area contributed by atoms with Crippen molar-refractivity contribution in [1.82, 2.24) is 15.5 Å². The highest BCUT2D eigenvalue weighted by Gasteiger charge is 2.37. The molecular formula is C21H39N3O4. The van der Waals surface area contributed by atoms with Crippen LogP contribution in [0.3, 0.4) is 0 Å². The van der Waals surface area contributed by atoms with Gasteiger partial charge in [-0.25, -0.2) is 4.79 Å². The molecule has 1 atom stereocenters. The van der Waals surface area contributed by atoms with Gasteiger partial charge in [0, 0.05) is 25.2 Å². The number of carbonyl (C=O) groups excluding carboxylic acids is 2. The molecule has 0 aliphatic heterocycles. The number of aliphatic carboxylic acids is 1. The van der Waals surface area contributed by atoms with Crippen molar-refractivity contribution in [2.75, 3.05) is 13.6 Å². The third-order valence-corrected chi connectivity index (χ3v) is 4.90. The van der Waals surface area contributed by atoms with Crippen LogP contribution in [0, 0.1) is 5.92 Å². The molecule has 7 nitrogen and oxygen atoms in total. The monoisotopic (exact) mass is 397 g/mol. The van der Waals surface area contributed by atoms with Gasteiger partial charge < -0.3 is 20.6 Å². The van der Waals surface area contributed by atoms with E-state index >= 15 is 0 Å². The number of carboxylic acids is 1. The zero-order valence-electron chi connectivity index (χ0n) is 18.8. The summed E-state index contributed by atoms with van der Waals surface area (Å²) in [6.45, 7) is 13.6. The van der Waals surface area contributed by atoms with E-state index in [1.807, 2.05) is 41.5 Å². The number of amides is 2. The normalized spacial score (nSPS) is 13.6. The van der Waals surface area contributed by atoms with Gasteiger partial charge in [-0.3, -0.25) is 9.59 Å². The molecule has 0 aliphatic rings. The smallest absolute Gasteiger partial charge is 0.331 e. The van der Waals surface area contributed by atoms with Gasteiger partial charge in [0.2, 0.25) is 11.8 Å². The maximum atomic E-state index is 13.1. The summed E-state index contributed by atoms with van der Waals surface area (Å²) >= 11 is 0. The van der Waals surface area contributed by atoms with E-state index in [9.17, 15) is 14.4 Å². The first-order valence-electron chi connectivity index (χ1n) is 10.1. The fourth-order valence-electron chi connectivity index (χ4n) is 3.10. The van der Waals surface area contributed by atoms with Crippen LogP contribution in [0.4, 0.5) is 0 Å². The van der Waals surface area contributed by atoms with E-state index in [1.54, 1.807) is 7.05 Å². The lowest BCUT2D eigenvalue weighted by atomic mass is 9.89. The van der Waals surface area contributed by atoms with E-state index in [0.29, 0.717) is 19.3 Å². The first-order chi connectivity index (χ1) is 12.9. The molecule has 0 fully saturated rings. The molecule has 0 aliphatic carbocycles. The lowest BCUT2D eigenvalue weighted by Crippen LogP contribution is -2.61. The molecule has 0 aromatic heterocycles. The van der Waals surface area contributed by atoms with Gasteiger partial charge in [0.25, 0.3) is 0 Å². The number of nitrogens with zero attached hydrogens (tertiary/aromatic N) is 1. The Balaban J connectivity index is 5.45. The van der Waals surface area contributed by atoms with Gasteiger partial charge in [-0.1, -0.05) is 33.8 Å². The van der Waals surface area contributed by atoms with Crippen molar-refractivity contribution < 1.29 is 19.5 Å². The summed E-state index contributed by atoms with van der Waals surface area (Å²) in [5, 5.41) is 15.3. The highest BCUT2D eigenvalue weighted by molar-refractivity contribution is 5.92. The lowest BCUT2D eigenvalue weighted by molar-refractivity contribution is -0.138. The molecular weight excluding hydrogens is 358 g/mol. The van der Waals surface area contributed by atoms with Gasteiger partial charge in [0.15, 0.2) is 0 Å². The number of rotatable bonds is 12. The van der Waals surface area contributed by atoms with E-state index in [1.165, 1.54) is 17.9 Å². The third kappa shape index (κ3) is 8.00. The fraction of sp³-hybridized carbons (Fsp3) is 0.762. The van der Waals surface area contributed by atoms with Crippen LogP contribution >= 0.6 is 0 Å². The van der Waals surface area contributed by atoms with Gasteiger partial charge in [0.1, 0.15) is 6.04 Å². The van der Waals surface area contributed by atoms with Gasteiger partial charge in [-0.05, 0) is 46.0 Å². The number of carboxylic acid groups (broad SMARTS) is 1. The second-order valence-corrected chi connectivity index (χ2v) is 8.15. The Morgan fingerprint density at radius 2 is 1.64 bits per heavy atom. The number of likely N-dealkylation sites (N-methyl/N-ethyl adjacent to an activating group) is 1. The summed E-state index contributed by atoms with van der Waals surface area (Å²) < 4.78 is 0. The topological polar surface area (TPSA) is 98.7 Å². The van der Waals surface area contributed by atoms with Crippen LogP contribution < -0.4 is 10.6 Å². The molecule has 0 radical (unpaired) electrons. The minimum Gasteiger partial charge on any atom is -0.478 e. The average Bonchev–Trinajstić information content (AvgIpc) is 2.61. The molecule has 28 heavy (non-hydrogen) atoms. The molecule has 0 aromatic rings. The SMILES string of the molecule is CCC(CC)(NC(C)C)C(=O)NC(CC(C)C)C(=O)N(C)C/C=C(\C)C(=O)O. The van der Waals surface area contributed by atoms with E-state index < -0.39 is 17.6 Å². The van der Waals surface area contributed by atoms with Gasteiger partial charge >= 0.3 is 5.97 Å². The maximum absolute atomic E-state index is 13.1. The summed E-state index contributed by atoms with van der Waals surface area (Å²) in [4.78, 5) is 38.4. The molecule has 0 aromatic carbocycles.